The van der Waals surface area contributed by atoms with Crippen molar-refractivity contribution < 1.29 is 9.53 Å². The lowest BCUT2D eigenvalue weighted by Gasteiger charge is -2.33. The van der Waals surface area contributed by atoms with Crippen LogP contribution in [0.3, 0.4) is 0 Å². The van der Waals surface area contributed by atoms with Crippen molar-refractivity contribution in [3.8, 4) is 0 Å². The number of carbonyl (C=O) groups excluding carboxylic acids is 1. The summed E-state index contributed by atoms with van der Waals surface area (Å²) in [6, 6.07) is 5.39. The molecule has 0 aromatic carbocycles. The van der Waals surface area contributed by atoms with Gasteiger partial charge in [0.15, 0.2) is 11.6 Å². The Labute approximate surface area is 135 Å². The highest BCUT2D eigenvalue weighted by molar-refractivity contribution is 5.92. The lowest BCUT2D eigenvalue weighted by atomic mass is 10.0. The predicted molar refractivity (Wildman–Crippen MR) is 83.7 cm³/mol. The van der Waals surface area contributed by atoms with E-state index in [1.54, 1.807) is 13.2 Å². The summed E-state index contributed by atoms with van der Waals surface area (Å²) in [5.41, 5.74) is 1.31. The molecule has 1 N–H and O–H groups in total. The van der Waals surface area contributed by atoms with Crippen LogP contribution in [0.1, 0.15) is 53.1 Å². The Kier molecular flexibility index (Phi) is 4.66. The molecule has 3 heterocycles. The van der Waals surface area contributed by atoms with Crippen LogP contribution in [-0.4, -0.2) is 44.6 Å². The maximum atomic E-state index is 12.8. The second kappa shape index (κ2) is 6.87. The van der Waals surface area contributed by atoms with Crippen molar-refractivity contribution in [2.24, 2.45) is 0 Å². The van der Waals surface area contributed by atoms with Crippen LogP contribution in [0.2, 0.25) is 0 Å². The second-order valence-corrected chi connectivity index (χ2v) is 5.75. The Balaban J connectivity index is 1.84. The zero-order valence-electron chi connectivity index (χ0n) is 13.5. The van der Waals surface area contributed by atoms with Gasteiger partial charge in [-0.15, -0.1) is 0 Å². The first kappa shape index (κ1) is 15.6. The number of ether oxygens (including phenoxy) is 1. The minimum Gasteiger partial charge on any atom is -0.377 e. The summed E-state index contributed by atoms with van der Waals surface area (Å²) in [6.45, 7) is 2.97. The van der Waals surface area contributed by atoms with Gasteiger partial charge in [-0.2, -0.15) is 5.10 Å². The number of piperidine rings is 1. The Bertz CT molecular complexity index is 685. The molecule has 122 valence electrons. The van der Waals surface area contributed by atoms with Gasteiger partial charge in [-0.3, -0.25) is 9.89 Å². The lowest BCUT2D eigenvalue weighted by molar-refractivity contribution is 0.0593. The van der Waals surface area contributed by atoms with Crippen molar-refractivity contribution in [1.82, 2.24) is 25.1 Å². The number of nitrogens with zero attached hydrogens (tertiary/aromatic N) is 4. The zero-order valence-corrected chi connectivity index (χ0v) is 13.5. The third kappa shape index (κ3) is 3.39. The highest BCUT2D eigenvalue weighted by Crippen LogP contribution is 2.30. The van der Waals surface area contributed by atoms with Gasteiger partial charge in [0.05, 0.1) is 6.04 Å². The largest absolute Gasteiger partial charge is 0.377 e. The Morgan fingerprint density at radius 2 is 2.26 bits per heavy atom. The highest BCUT2D eigenvalue weighted by Gasteiger charge is 2.32. The van der Waals surface area contributed by atoms with E-state index in [1.165, 1.54) is 0 Å². The first-order chi connectivity index (χ1) is 11.2. The van der Waals surface area contributed by atoms with E-state index in [0.29, 0.717) is 30.5 Å². The lowest BCUT2D eigenvalue weighted by Crippen LogP contribution is -2.39. The molecule has 1 aliphatic heterocycles. The van der Waals surface area contributed by atoms with Gasteiger partial charge in [-0.1, -0.05) is 6.07 Å². The van der Waals surface area contributed by atoms with E-state index in [0.717, 1.165) is 25.0 Å². The van der Waals surface area contributed by atoms with Crippen molar-refractivity contribution in [2.45, 2.75) is 38.8 Å². The van der Waals surface area contributed by atoms with Crippen molar-refractivity contribution in [1.29, 1.82) is 0 Å². The summed E-state index contributed by atoms with van der Waals surface area (Å²) in [5, 5.41) is 7.14. The van der Waals surface area contributed by atoms with E-state index in [1.807, 2.05) is 24.0 Å². The Morgan fingerprint density at radius 1 is 1.39 bits per heavy atom. The molecule has 2 aromatic rings. The number of hydrogen-bond donors (Lipinski definition) is 1. The topological polar surface area (TPSA) is 84.0 Å². The van der Waals surface area contributed by atoms with Crippen LogP contribution in [0.25, 0.3) is 0 Å². The van der Waals surface area contributed by atoms with E-state index < -0.39 is 0 Å². The Morgan fingerprint density at radius 3 is 3.04 bits per heavy atom. The summed E-state index contributed by atoms with van der Waals surface area (Å²) >= 11 is 0. The van der Waals surface area contributed by atoms with E-state index in [4.69, 9.17) is 4.74 Å². The highest BCUT2D eigenvalue weighted by atomic mass is 16.5. The van der Waals surface area contributed by atoms with Crippen LogP contribution in [0.5, 0.6) is 0 Å². The fraction of sp³-hybridized carbons (Fsp3) is 0.500. The summed E-state index contributed by atoms with van der Waals surface area (Å²) in [7, 11) is 1.61. The number of aromatic amines is 1. The number of H-pyrrole nitrogens is 1. The van der Waals surface area contributed by atoms with Crippen LogP contribution in [-0.2, 0) is 11.3 Å². The summed E-state index contributed by atoms with van der Waals surface area (Å²) < 4.78 is 5.06. The molecule has 1 amide bonds. The molecule has 7 heteroatoms. The molecule has 0 radical (unpaired) electrons. The SMILES string of the molecule is COCc1nc([C@H]2CCCCN2C(=O)c2cccc(C)n2)n[nH]1. The molecule has 1 fully saturated rings. The molecular formula is C16H21N5O2. The number of aromatic nitrogens is 4. The smallest absolute Gasteiger partial charge is 0.273 e. The fourth-order valence-electron chi connectivity index (χ4n) is 2.91. The molecule has 1 atom stereocenters. The van der Waals surface area contributed by atoms with E-state index >= 15 is 0 Å². The molecule has 2 aromatic heterocycles. The molecule has 1 aliphatic rings. The number of methoxy groups -OCH3 is 1. The molecule has 23 heavy (non-hydrogen) atoms. The minimum atomic E-state index is -0.111. The summed E-state index contributed by atoms with van der Waals surface area (Å²) in [6.07, 6.45) is 2.91. The third-order valence-electron chi connectivity index (χ3n) is 4.00. The van der Waals surface area contributed by atoms with E-state index in [-0.39, 0.29) is 11.9 Å². The third-order valence-corrected chi connectivity index (χ3v) is 4.00. The van der Waals surface area contributed by atoms with E-state index in [9.17, 15) is 4.79 Å². The average Bonchev–Trinajstić information content (AvgIpc) is 3.03. The number of hydrogen-bond acceptors (Lipinski definition) is 5. The van der Waals surface area contributed by atoms with Gasteiger partial charge in [0, 0.05) is 19.3 Å². The van der Waals surface area contributed by atoms with Gasteiger partial charge in [0.1, 0.15) is 12.3 Å². The minimum absolute atomic E-state index is 0.0588. The Hall–Kier alpha value is -2.28. The van der Waals surface area contributed by atoms with Gasteiger partial charge >= 0.3 is 0 Å². The average molecular weight is 315 g/mol. The number of likely N-dealkylation sites (tertiary alicyclic amines) is 1. The number of amides is 1. The number of carbonyl (C=O) groups is 1. The van der Waals surface area contributed by atoms with Crippen LogP contribution in [0.4, 0.5) is 0 Å². The maximum absolute atomic E-state index is 12.8. The van der Waals surface area contributed by atoms with E-state index in [2.05, 4.69) is 20.2 Å². The molecule has 0 bridgehead atoms. The quantitative estimate of drug-likeness (QED) is 0.933. The van der Waals surface area contributed by atoms with Gasteiger partial charge in [-0.05, 0) is 38.3 Å². The van der Waals surface area contributed by atoms with Crippen molar-refractivity contribution in [2.75, 3.05) is 13.7 Å². The van der Waals surface area contributed by atoms with Gasteiger partial charge < -0.3 is 9.64 Å². The monoisotopic (exact) mass is 315 g/mol. The predicted octanol–water partition coefficient (Wildman–Crippen LogP) is 2.02. The normalized spacial score (nSPS) is 18.2. The van der Waals surface area contributed by atoms with Crippen LogP contribution < -0.4 is 0 Å². The van der Waals surface area contributed by atoms with Gasteiger partial charge in [0.2, 0.25) is 0 Å². The van der Waals surface area contributed by atoms with Crippen LogP contribution in [0, 0.1) is 6.92 Å². The summed E-state index contributed by atoms with van der Waals surface area (Å²) in [4.78, 5) is 23.5. The summed E-state index contributed by atoms with van der Waals surface area (Å²) in [5.74, 6) is 1.27. The number of rotatable bonds is 4. The molecular weight excluding hydrogens is 294 g/mol. The maximum Gasteiger partial charge on any atom is 0.273 e. The first-order valence-electron chi connectivity index (χ1n) is 7.84. The molecule has 0 unspecified atom stereocenters. The standard InChI is InChI=1S/C16H21N5O2/c1-11-6-5-7-12(17-11)16(22)21-9-4-3-8-13(21)15-18-14(10-23-2)19-20-15/h5-7,13H,3-4,8-10H2,1-2H3,(H,18,19,20)/t13-/m1/s1. The van der Waals surface area contributed by atoms with Gasteiger partial charge in [-0.25, -0.2) is 9.97 Å². The second-order valence-electron chi connectivity index (χ2n) is 5.75. The van der Waals surface area contributed by atoms with Crippen molar-refractivity contribution in [3.05, 3.63) is 41.2 Å². The molecule has 7 nitrogen and oxygen atoms in total. The number of nitrogens with one attached hydrogen (secondary N) is 1. The van der Waals surface area contributed by atoms with Crippen molar-refractivity contribution >= 4 is 5.91 Å². The molecule has 0 spiro atoms. The zero-order chi connectivity index (χ0) is 16.2. The molecule has 0 aliphatic carbocycles. The van der Waals surface area contributed by atoms with Crippen molar-refractivity contribution in [3.63, 3.8) is 0 Å². The number of pyridine rings is 1. The fourth-order valence-corrected chi connectivity index (χ4v) is 2.91. The first-order valence-corrected chi connectivity index (χ1v) is 7.84. The molecule has 3 rings (SSSR count). The molecule has 0 saturated carbocycles. The van der Waals surface area contributed by atoms with Crippen LogP contribution in [0.15, 0.2) is 18.2 Å². The molecule has 1 saturated heterocycles. The number of aryl methyl sites for hydroxylation is 1. The van der Waals surface area contributed by atoms with Crippen LogP contribution >= 0.6 is 0 Å². The van der Waals surface area contributed by atoms with Gasteiger partial charge in [0.25, 0.3) is 5.91 Å².